The number of sulfone groups is 1. The topological polar surface area (TPSA) is 63.7 Å². The lowest BCUT2D eigenvalue weighted by atomic mass is 10.1. The largest absolute Gasteiger partial charge is 0.364 e. The monoisotopic (exact) mass is 240 g/mol. The maximum Gasteiger partial charge on any atom is 0.193 e. The van der Waals surface area contributed by atoms with E-state index in [1.165, 1.54) is 24.3 Å². The van der Waals surface area contributed by atoms with Crippen molar-refractivity contribution >= 4 is 15.6 Å². The van der Waals surface area contributed by atoms with Gasteiger partial charge in [-0.05, 0) is 12.1 Å². The summed E-state index contributed by atoms with van der Waals surface area (Å²) in [5.74, 6) is -0.0214. The second-order valence-electron chi connectivity index (χ2n) is 3.61. The minimum Gasteiger partial charge on any atom is -0.364 e. The van der Waals surface area contributed by atoms with E-state index in [0.717, 1.165) is 0 Å². The Kier molecular flexibility index (Phi) is 2.82. The number of ketones is 1. The fourth-order valence-corrected chi connectivity index (χ4v) is 2.26. The Bertz CT molecular complexity index is 497. The van der Waals surface area contributed by atoms with E-state index in [1.807, 2.05) is 0 Å². The van der Waals surface area contributed by atoms with Crippen LogP contribution in [0.15, 0.2) is 29.2 Å². The lowest BCUT2D eigenvalue weighted by molar-refractivity contribution is 0.0953. The van der Waals surface area contributed by atoms with Gasteiger partial charge in [-0.25, -0.2) is 8.42 Å². The second-order valence-corrected chi connectivity index (χ2v) is 5.89. The van der Waals surface area contributed by atoms with Crippen LogP contribution in [0, 0.1) is 0 Å². The molecule has 4 nitrogen and oxygen atoms in total. The van der Waals surface area contributed by atoms with Crippen LogP contribution in [-0.4, -0.2) is 32.7 Å². The van der Waals surface area contributed by atoms with Gasteiger partial charge in [0.2, 0.25) is 0 Å². The number of Topliss-reactive ketones (excluding diaryl/α,β-unsaturated/α-hetero) is 1. The molecule has 0 aromatic heterocycles. The van der Waals surface area contributed by atoms with E-state index in [0.29, 0.717) is 12.2 Å². The van der Waals surface area contributed by atoms with Crippen molar-refractivity contribution in [2.75, 3.05) is 12.4 Å². The zero-order valence-corrected chi connectivity index (χ0v) is 9.66. The Morgan fingerprint density at radius 1 is 1.38 bits per heavy atom. The average Bonchev–Trinajstić information content (AvgIpc) is 3.12. The molecular weight excluding hydrogens is 228 g/mol. The Morgan fingerprint density at radius 2 is 1.94 bits per heavy atom. The quantitative estimate of drug-likeness (QED) is 0.583. The summed E-state index contributed by atoms with van der Waals surface area (Å²) in [6.45, 7) is 2.06. The van der Waals surface area contributed by atoms with Crippen molar-refractivity contribution in [2.24, 2.45) is 0 Å². The normalized spacial score (nSPS) is 19.4. The third kappa shape index (κ3) is 2.15. The summed E-state index contributed by atoms with van der Waals surface area (Å²) >= 11 is 0. The first kappa shape index (κ1) is 11.3. The first-order chi connectivity index (χ1) is 7.54. The molecule has 1 aromatic rings. The molecule has 1 aliphatic heterocycles. The van der Waals surface area contributed by atoms with Crippen LogP contribution < -0.4 is 0 Å². The van der Waals surface area contributed by atoms with Gasteiger partial charge < -0.3 is 4.74 Å². The van der Waals surface area contributed by atoms with Crippen molar-refractivity contribution < 1.29 is 17.9 Å². The van der Waals surface area contributed by atoms with Gasteiger partial charge in [0.05, 0.1) is 17.3 Å². The summed E-state index contributed by atoms with van der Waals surface area (Å²) < 4.78 is 27.9. The highest BCUT2D eigenvalue weighted by atomic mass is 32.2. The van der Waals surface area contributed by atoms with Gasteiger partial charge in [-0.15, -0.1) is 0 Å². The Labute approximate surface area is 94.2 Å². The zero-order chi connectivity index (χ0) is 11.8. The standard InChI is InChI=1S/C11H12O4S/c1-2-16(13,14)9-5-3-8(4-6-9)11(12)10-7-15-10/h3-6,10H,2,7H2,1H3. The molecule has 1 aliphatic rings. The number of carbonyl (C=O) groups excluding carboxylic acids is 1. The molecule has 1 atom stereocenters. The molecule has 0 saturated carbocycles. The van der Waals surface area contributed by atoms with Gasteiger partial charge in [-0.1, -0.05) is 19.1 Å². The van der Waals surface area contributed by atoms with Crippen molar-refractivity contribution in [2.45, 2.75) is 17.9 Å². The van der Waals surface area contributed by atoms with E-state index >= 15 is 0 Å². The Morgan fingerprint density at radius 3 is 2.38 bits per heavy atom. The van der Waals surface area contributed by atoms with E-state index in [2.05, 4.69) is 0 Å². The van der Waals surface area contributed by atoms with Crippen LogP contribution in [0.2, 0.25) is 0 Å². The first-order valence-corrected chi connectivity index (χ1v) is 6.68. The van der Waals surface area contributed by atoms with Crippen molar-refractivity contribution in [1.29, 1.82) is 0 Å². The second kappa shape index (κ2) is 3.99. The SMILES string of the molecule is CCS(=O)(=O)c1ccc(C(=O)C2CO2)cc1. The van der Waals surface area contributed by atoms with Crippen molar-refractivity contribution in [1.82, 2.24) is 0 Å². The van der Waals surface area contributed by atoms with Gasteiger partial charge in [0.15, 0.2) is 15.6 Å². The summed E-state index contributed by atoms with van der Waals surface area (Å²) in [7, 11) is -3.19. The van der Waals surface area contributed by atoms with Gasteiger partial charge in [-0.2, -0.15) is 0 Å². The third-order valence-electron chi connectivity index (χ3n) is 2.50. The molecule has 16 heavy (non-hydrogen) atoms. The number of rotatable bonds is 4. The van der Waals surface area contributed by atoms with Crippen molar-refractivity contribution in [3.8, 4) is 0 Å². The molecule has 0 aliphatic carbocycles. The highest BCUT2D eigenvalue weighted by molar-refractivity contribution is 7.91. The fraction of sp³-hybridized carbons (Fsp3) is 0.364. The van der Waals surface area contributed by atoms with E-state index in [1.54, 1.807) is 6.92 Å². The first-order valence-electron chi connectivity index (χ1n) is 5.03. The number of ether oxygens (including phenoxy) is 1. The van der Waals surface area contributed by atoms with Crippen LogP contribution >= 0.6 is 0 Å². The zero-order valence-electron chi connectivity index (χ0n) is 8.84. The number of hydrogen-bond acceptors (Lipinski definition) is 4. The summed E-state index contributed by atoms with van der Waals surface area (Å²) in [6, 6.07) is 6.00. The molecule has 0 spiro atoms. The Hall–Kier alpha value is -1.20. The molecule has 86 valence electrons. The molecule has 0 radical (unpaired) electrons. The molecule has 0 N–H and O–H groups in total. The molecule has 0 amide bonds. The van der Waals surface area contributed by atoms with Crippen LogP contribution in [0.5, 0.6) is 0 Å². The van der Waals surface area contributed by atoms with Gasteiger partial charge in [-0.3, -0.25) is 4.79 Å². The molecule has 2 rings (SSSR count). The van der Waals surface area contributed by atoms with Crippen LogP contribution in [0.1, 0.15) is 17.3 Å². The predicted molar refractivity (Wildman–Crippen MR) is 58.2 cm³/mol. The van der Waals surface area contributed by atoms with E-state index in [9.17, 15) is 13.2 Å². The molecular formula is C11H12O4S. The highest BCUT2D eigenvalue weighted by Crippen LogP contribution is 2.18. The van der Waals surface area contributed by atoms with Crippen LogP contribution in [0.4, 0.5) is 0 Å². The average molecular weight is 240 g/mol. The molecule has 5 heteroatoms. The molecule has 1 aromatic carbocycles. The molecule has 1 saturated heterocycles. The highest BCUT2D eigenvalue weighted by Gasteiger charge is 2.31. The molecule has 0 bridgehead atoms. The summed E-state index contributed by atoms with van der Waals surface area (Å²) in [5, 5.41) is 0. The van der Waals surface area contributed by atoms with Crippen LogP contribution in [0.25, 0.3) is 0 Å². The number of hydrogen-bond donors (Lipinski definition) is 0. The number of benzene rings is 1. The van der Waals surface area contributed by atoms with Crippen molar-refractivity contribution in [3.05, 3.63) is 29.8 Å². The molecule has 1 unspecified atom stereocenters. The summed E-state index contributed by atoms with van der Waals surface area (Å²) in [5.41, 5.74) is 0.498. The van der Waals surface area contributed by atoms with E-state index in [4.69, 9.17) is 4.74 Å². The van der Waals surface area contributed by atoms with E-state index < -0.39 is 9.84 Å². The number of carbonyl (C=O) groups is 1. The lowest BCUT2D eigenvalue weighted by Crippen LogP contribution is -2.08. The van der Waals surface area contributed by atoms with Crippen LogP contribution in [0.3, 0.4) is 0 Å². The van der Waals surface area contributed by atoms with Gasteiger partial charge in [0.1, 0.15) is 6.10 Å². The molecule has 1 fully saturated rings. The smallest absolute Gasteiger partial charge is 0.193 e. The minimum atomic E-state index is -3.19. The fourth-order valence-electron chi connectivity index (χ4n) is 1.38. The number of epoxide rings is 1. The maximum absolute atomic E-state index is 11.6. The van der Waals surface area contributed by atoms with E-state index in [-0.39, 0.29) is 22.5 Å². The lowest BCUT2D eigenvalue weighted by Gasteiger charge is -2.02. The summed E-state index contributed by atoms with van der Waals surface area (Å²) in [4.78, 5) is 11.8. The van der Waals surface area contributed by atoms with Crippen LogP contribution in [-0.2, 0) is 14.6 Å². The van der Waals surface area contributed by atoms with Gasteiger partial charge in [0.25, 0.3) is 0 Å². The van der Waals surface area contributed by atoms with Crippen molar-refractivity contribution in [3.63, 3.8) is 0 Å². The Balaban J connectivity index is 2.25. The molecule has 1 heterocycles. The third-order valence-corrected chi connectivity index (χ3v) is 4.25. The van der Waals surface area contributed by atoms with Gasteiger partial charge in [0, 0.05) is 5.56 Å². The summed E-state index contributed by atoms with van der Waals surface area (Å²) in [6.07, 6.45) is -0.325. The van der Waals surface area contributed by atoms with Gasteiger partial charge >= 0.3 is 0 Å². The minimum absolute atomic E-state index is 0.0615. The predicted octanol–water partition coefficient (Wildman–Crippen LogP) is 1.06. The maximum atomic E-state index is 11.6.